The van der Waals surface area contributed by atoms with E-state index in [1.165, 1.54) is 29.5 Å². The van der Waals surface area contributed by atoms with E-state index >= 15 is 0 Å². The predicted molar refractivity (Wildman–Crippen MR) is 81.3 cm³/mol. The Bertz CT molecular complexity index is 368. The predicted octanol–water partition coefficient (Wildman–Crippen LogP) is 4.18. The van der Waals surface area contributed by atoms with Gasteiger partial charge in [-0.05, 0) is 68.8 Å². The van der Waals surface area contributed by atoms with Gasteiger partial charge in [0.2, 0.25) is 0 Å². The maximum Gasteiger partial charge on any atom is -0.00438 e. The molecule has 0 saturated carbocycles. The first-order chi connectivity index (χ1) is 8.35. The zero-order valence-corrected chi connectivity index (χ0v) is 13.0. The SMILES string of the molecule is CCNCCC(C)(C)Cc1c(C)cc(C)cc1C. The summed E-state index contributed by atoms with van der Waals surface area (Å²) in [4.78, 5) is 0. The van der Waals surface area contributed by atoms with Crippen molar-refractivity contribution < 1.29 is 0 Å². The molecule has 0 aliphatic carbocycles. The Balaban J connectivity index is 2.77. The van der Waals surface area contributed by atoms with E-state index in [2.05, 4.69) is 59.0 Å². The van der Waals surface area contributed by atoms with Crippen molar-refractivity contribution in [2.45, 2.75) is 54.4 Å². The highest BCUT2D eigenvalue weighted by Crippen LogP contribution is 2.29. The third kappa shape index (κ3) is 4.45. The number of nitrogens with one attached hydrogen (secondary N) is 1. The fraction of sp³-hybridized carbons (Fsp3) is 0.647. The number of rotatable bonds is 6. The molecule has 102 valence electrons. The van der Waals surface area contributed by atoms with Gasteiger partial charge in [0.05, 0.1) is 0 Å². The first kappa shape index (κ1) is 15.2. The fourth-order valence-electron chi connectivity index (χ4n) is 2.66. The van der Waals surface area contributed by atoms with E-state index in [1.807, 2.05) is 0 Å². The summed E-state index contributed by atoms with van der Waals surface area (Å²) in [5.41, 5.74) is 6.18. The maximum atomic E-state index is 3.43. The van der Waals surface area contributed by atoms with Crippen molar-refractivity contribution >= 4 is 0 Å². The van der Waals surface area contributed by atoms with Gasteiger partial charge >= 0.3 is 0 Å². The van der Waals surface area contributed by atoms with Gasteiger partial charge in [-0.3, -0.25) is 0 Å². The molecule has 1 heteroatoms. The van der Waals surface area contributed by atoms with Crippen LogP contribution in [0.25, 0.3) is 0 Å². The minimum atomic E-state index is 0.368. The molecule has 0 unspecified atom stereocenters. The molecule has 0 aliphatic heterocycles. The third-order valence-electron chi connectivity index (χ3n) is 3.72. The number of hydrogen-bond acceptors (Lipinski definition) is 1. The van der Waals surface area contributed by atoms with Gasteiger partial charge in [-0.15, -0.1) is 0 Å². The Morgan fingerprint density at radius 1 is 1.06 bits per heavy atom. The molecular weight excluding hydrogens is 218 g/mol. The Hall–Kier alpha value is -0.820. The fourth-order valence-corrected chi connectivity index (χ4v) is 2.66. The molecule has 0 radical (unpaired) electrons. The summed E-state index contributed by atoms with van der Waals surface area (Å²) in [6, 6.07) is 4.62. The minimum Gasteiger partial charge on any atom is -0.317 e. The van der Waals surface area contributed by atoms with Crippen LogP contribution in [0.4, 0.5) is 0 Å². The molecule has 0 saturated heterocycles. The van der Waals surface area contributed by atoms with Crippen LogP contribution in [-0.4, -0.2) is 13.1 Å². The van der Waals surface area contributed by atoms with Crippen LogP contribution in [0.3, 0.4) is 0 Å². The molecule has 1 aromatic rings. The van der Waals surface area contributed by atoms with Crippen LogP contribution in [0.5, 0.6) is 0 Å². The van der Waals surface area contributed by atoms with E-state index in [-0.39, 0.29) is 0 Å². The van der Waals surface area contributed by atoms with Gasteiger partial charge in [0.25, 0.3) is 0 Å². The van der Waals surface area contributed by atoms with Crippen LogP contribution in [0.2, 0.25) is 0 Å². The lowest BCUT2D eigenvalue weighted by Gasteiger charge is -2.27. The second kappa shape index (κ2) is 6.38. The van der Waals surface area contributed by atoms with Crippen LogP contribution < -0.4 is 5.32 Å². The van der Waals surface area contributed by atoms with Crippen molar-refractivity contribution in [2.75, 3.05) is 13.1 Å². The van der Waals surface area contributed by atoms with Crippen molar-refractivity contribution in [1.29, 1.82) is 0 Å². The van der Waals surface area contributed by atoms with Gasteiger partial charge in [0.15, 0.2) is 0 Å². The Morgan fingerprint density at radius 2 is 1.61 bits per heavy atom. The van der Waals surface area contributed by atoms with E-state index < -0.39 is 0 Å². The highest BCUT2D eigenvalue weighted by atomic mass is 14.8. The second-order valence-electron chi connectivity index (χ2n) is 6.32. The lowest BCUT2D eigenvalue weighted by molar-refractivity contribution is 0.325. The van der Waals surface area contributed by atoms with Gasteiger partial charge < -0.3 is 5.32 Å². The summed E-state index contributed by atoms with van der Waals surface area (Å²) < 4.78 is 0. The largest absolute Gasteiger partial charge is 0.317 e. The molecular formula is C17H29N. The Labute approximate surface area is 113 Å². The van der Waals surface area contributed by atoms with Gasteiger partial charge in [0, 0.05) is 0 Å². The Morgan fingerprint density at radius 3 is 2.11 bits per heavy atom. The van der Waals surface area contributed by atoms with E-state index in [0.717, 1.165) is 13.1 Å². The van der Waals surface area contributed by atoms with Gasteiger partial charge in [-0.1, -0.05) is 38.5 Å². The number of benzene rings is 1. The van der Waals surface area contributed by atoms with Gasteiger partial charge in [0.1, 0.15) is 0 Å². The molecule has 0 amide bonds. The second-order valence-corrected chi connectivity index (χ2v) is 6.32. The summed E-state index contributed by atoms with van der Waals surface area (Å²) in [7, 11) is 0. The summed E-state index contributed by atoms with van der Waals surface area (Å²) in [6.07, 6.45) is 2.41. The molecule has 1 N–H and O–H groups in total. The van der Waals surface area contributed by atoms with Crippen LogP contribution >= 0.6 is 0 Å². The van der Waals surface area contributed by atoms with E-state index in [1.54, 1.807) is 5.56 Å². The third-order valence-corrected chi connectivity index (χ3v) is 3.72. The monoisotopic (exact) mass is 247 g/mol. The molecule has 0 aromatic heterocycles. The molecule has 0 aliphatic rings. The van der Waals surface area contributed by atoms with Crippen molar-refractivity contribution in [3.8, 4) is 0 Å². The zero-order chi connectivity index (χ0) is 13.8. The van der Waals surface area contributed by atoms with Crippen molar-refractivity contribution in [1.82, 2.24) is 5.32 Å². The number of hydrogen-bond donors (Lipinski definition) is 1. The van der Waals surface area contributed by atoms with Crippen LogP contribution in [0, 0.1) is 26.2 Å². The van der Waals surface area contributed by atoms with Crippen molar-refractivity contribution in [3.05, 3.63) is 34.4 Å². The van der Waals surface area contributed by atoms with Gasteiger partial charge in [-0.2, -0.15) is 0 Å². The smallest absolute Gasteiger partial charge is 0.00438 e. The van der Waals surface area contributed by atoms with E-state index in [4.69, 9.17) is 0 Å². The molecule has 0 atom stereocenters. The quantitative estimate of drug-likeness (QED) is 0.744. The van der Waals surface area contributed by atoms with Crippen LogP contribution in [0.1, 0.15) is 49.4 Å². The van der Waals surface area contributed by atoms with Crippen LogP contribution in [-0.2, 0) is 6.42 Å². The standard InChI is InChI=1S/C17H29N/c1-7-18-9-8-17(5,6)12-16-14(3)10-13(2)11-15(16)4/h10-11,18H,7-9,12H2,1-6H3. The summed E-state index contributed by atoms with van der Waals surface area (Å²) in [5.74, 6) is 0. The summed E-state index contributed by atoms with van der Waals surface area (Å²) in [5, 5.41) is 3.43. The average Bonchev–Trinajstić information content (AvgIpc) is 2.23. The number of aryl methyl sites for hydroxylation is 3. The molecule has 18 heavy (non-hydrogen) atoms. The summed E-state index contributed by atoms with van der Waals surface area (Å²) >= 11 is 0. The lowest BCUT2D eigenvalue weighted by atomic mass is 9.80. The molecule has 0 spiro atoms. The van der Waals surface area contributed by atoms with Crippen molar-refractivity contribution in [2.24, 2.45) is 5.41 Å². The normalized spacial score (nSPS) is 11.9. The van der Waals surface area contributed by atoms with Crippen LogP contribution in [0.15, 0.2) is 12.1 Å². The molecule has 0 bridgehead atoms. The molecule has 0 fully saturated rings. The maximum absolute atomic E-state index is 3.43. The average molecular weight is 247 g/mol. The van der Waals surface area contributed by atoms with E-state index in [0.29, 0.717) is 5.41 Å². The van der Waals surface area contributed by atoms with E-state index in [9.17, 15) is 0 Å². The minimum absolute atomic E-state index is 0.368. The Kier molecular flexibility index (Phi) is 5.40. The molecule has 1 nitrogen and oxygen atoms in total. The lowest BCUT2D eigenvalue weighted by Crippen LogP contribution is -2.24. The molecule has 1 aromatic carbocycles. The topological polar surface area (TPSA) is 12.0 Å². The highest BCUT2D eigenvalue weighted by molar-refractivity contribution is 5.38. The summed E-state index contributed by atoms with van der Waals surface area (Å²) in [6.45, 7) is 15.8. The van der Waals surface area contributed by atoms with Gasteiger partial charge in [-0.25, -0.2) is 0 Å². The highest BCUT2D eigenvalue weighted by Gasteiger charge is 2.20. The molecule has 1 rings (SSSR count). The van der Waals surface area contributed by atoms with Crippen molar-refractivity contribution in [3.63, 3.8) is 0 Å². The molecule has 0 heterocycles. The zero-order valence-electron chi connectivity index (χ0n) is 13.0. The first-order valence-corrected chi connectivity index (χ1v) is 7.13. The first-order valence-electron chi connectivity index (χ1n) is 7.13.